The second-order valence-corrected chi connectivity index (χ2v) is 14.6. The number of nitrogens with one attached hydrogen (secondary N) is 2. The standard InChI is InChI=1S/C37H54N6O3/c1-26-10-12-27(13-11-26)30(38)24-40-34(37(2,3)4)36(45)43-19-7-9-33(43)35(44)41-32(25-42-20-22-46-23-21-42)29-16-14-28(15-17-29)31-8-5-6-18-39-31/h5-6,8,14-18,24,26-27,32-34,40H,7,9-13,19-23,25,38H2,1-4H3,(H,41,44)/b30-24-. The minimum atomic E-state index is -0.514. The molecule has 1 saturated carbocycles. The average Bonchev–Trinajstić information content (AvgIpc) is 3.56. The summed E-state index contributed by atoms with van der Waals surface area (Å²) in [7, 11) is 0. The summed E-state index contributed by atoms with van der Waals surface area (Å²) in [6.45, 7) is 12.7. The van der Waals surface area contributed by atoms with Gasteiger partial charge in [-0.2, -0.15) is 0 Å². The van der Waals surface area contributed by atoms with Crippen molar-refractivity contribution in [2.24, 2.45) is 23.0 Å². The molecule has 5 rings (SSSR count). The molecule has 1 aliphatic carbocycles. The van der Waals surface area contributed by atoms with Crippen LogP contribution in [0.4, 0.5) is 0 Å². The van der Waals surface area contributed by atoms with E-state index in [9.17, 15) is 9.59 Å². The number of rotatable bonds is 10. The molecular weight excluding hydrogens is 576 g/mol. The number of likely N-dealkylation sites (tertiary alicyclic amines) is 1. The number of pyridine rings is 1. The maximum absolute atomic E-state index is 14.2. The van der Waals surface area contributed by atoms with Crippen molar-refractivity contribution in [1.29, 1.82) is 0 Å². The Morgan fingerprint density at radius 2 is 1.74 bits per heavy atom. The fourth-order valence-electron chi connectivity index (χ4n) is 7.02. The van der Waals surface area contributed by atoms with Gasteiger partial charge in [0.25, 0.3) is 0 Å². The van der Waals surface area contributed by atoms with Crippen LogP contribution in [0.25, 0.3) is 11.3 Å². The summed E-state index contributed by atoms with van der Waals surface area (Å²) in [4.78, 5) is 36.8. The van der Waals surface area contributed by atoms with E-state index in [1.54, 1.807) is 11.1 Å². The van der Waals surface area contributed by atoms with E-state index < -0.39 is 12.1 Å². The second-order valence-electron chi connectivity index (χ2n) is 14.6. The quantitative estimate of drug-likeness (QED) is 0.344. The number of nitrogens with zero attached hydrogens (tertiary/aromatic N) is 3. The number of amides is 2. The molecule has 2 aromatic rings. The van der Waals surface area contributed by atoms with Crippen LogP contribution in [-0.4, -0.2) is 78.1 Å². The molecule has 2 saturated heterocycles. The van der Waals surface area contributed by atoms with Crippen LogP contribution in [0.2, 0.25) is 0 Å². The van der Waals surface area contributed by atoms with E-state index in [2.05, 4.69) is 72.5 Å². The van der Waals surface area contributed by atoms with Crippen LogP contribution in [0.15, 0.2) is 60.6 Å². The van der Waals surface area contributed by atoms with Crippen molar-refractivity contribution < 1.29 is 14.3 Å². The molecular formula is C37H54N6O3. The van der Waals surface area contributed by atoms with E-state index in [1.165, 1.54) is 12.8 Å². The van der Waals surface area contributed by atoms with Crippen LogP contribution < -0.4 is 16.4 Å². The number of carbonyl (C=O) groups is 2. The second kappa shape index (κ2) is 15.4. The van der Waals surface area contributed by atoms with Crippen molar-refractivity contribution in [3.8, 4) is 11.3 Å². The SMILES string of the molecule is CC1CCC(/C(N)=C/NC(C(=O)N2CCCC2C(=O)NC(CN2CCOCC2)c2ccc(-c3ccccn3)cc2)C(C)(C)C)CC1. The molecule has 9 nitrogen and oxygen atoms in total. The van der Waals surface area contributed by atoms with Crippen LogP contribution in [0.5, 0.6) is 0 Å². The largest absolute Gasteiger partial charge is 0.401 e. The van der Waals surface area contributed by atoms with Gasteiger partial charge < -0.3 is 26.0 Å². The van der Waals surface area contributed by atoms with Gasteiger partial charge in [-0.05, 0) is 60.6 Å². The molecule has 250 valence electrons. The van der Waals surface area contributed by atoms with Crippen LogP contribution in [0.3, 0.4) is 0 Å². The Kier molecular flexibility index (Phi) is 11.4. The van der Waals surface area contributed by atoms with E-state index in [4.69, 9.17) is 10.5 Å². The molecule has 46 heavy (non-hydrogen) atoms. The number of ether oxygens (including phenoxy) is 1. The van der Waals surface area contributed by atoms with Crippen molar-refractivity contribution in [2.45, 2.75) is 84.3 Å². The molecule has 3 fully saturated rings. The van der Waals surface area contributed by atoms with Crippen molar-refractivity contribution in [3.05, 3.63) is 66.1 Å². The Labute approximate surface area is 275 Å². The van der Waals surface area contributed by atoms with E-state index in [0.717, 1.165) is 60.8 Å². The van der Waals surface area contributed by atoms with Crippen molar-refractivity contribution in [1.82, 2.24) is 25.4 Å². The average molecular weight is 631 g/mol. The van der Waals surface area contributed by atoms with Gasteiger partial charge in [0.2, 0.25) is 11.8 Å². The van der Waals surface area contributed by atoms with E-state index >= 15 is 0 Å². The topological polar surface area (TPSA) is 113 Å². The van der Waals surface area contributed by atoms with Gasteiger partial charge >= 0.3 is 0 Å². The number of hydrogen-bond donors (Lipinski definition) is 3. The van der Waals surface area contributed by atoms with E-state index in [1.807, 2.05) is 24.4 Å². The summed E-state index contributed by atoms with van der Waals surface area (Å²) >= 11 is 0. The van der Waals surface area contributed by atoms with Crippen LogP contribution in [0, 0.1) is 17.3 Å². The molecule has 1 aromatic carbocycles. The van der Waals surface area contributed by atoms with Gasteiger partial charge in [0.05, 0.1) is 24.9 Å². The Morgan fingerprint density at radius 3 is 2.39 bits per heavy atom. The third kappa shape index (κ3) is 8.68. The van der Waals surface area contributed by atoms with E-state index in [0.29, 0.717) is 38.6 Å². The third-order valence-electron chi connectivity index (χ3n) is 9.99. The van der Waals surface area contributed by atoms with Crippen molar-refractivity contribution in [2.75, 3.05) is 39.4 Å². The fraction of sp³-hybridized carbons (Fsp3) is 0.595. The molecule has 2 aliphatic heterocycles. The highest BCUT2D eigenvalue weighted by Gasteiger charge is 2.41. The molecule has 0 bridgehead atoms. The number of allylic oxidation sites excluding steroid dienone is 1. The number of benzene rings is 1. The maximum Gasteiger partial charge on any atom is 0.246 e. The predicted molar refractivity (Wildman–Crippen MR) is 182 cm³/mol. The Morgan fingerprint density at radius 1 is 1.02 bits per heavy atom. The van der Waals surface area contributed by atoms with Crippen LogP contribution >= 0.6 is 0 Å². The summed E-state index contributed by atoms with van der Waals surface area (Å²) in [6, 6.07) is 12.9. The zero-order chi connectivity index (χ0) is 32.7. The molecule has 0 spiro atoms. The van der Waals surface area contributed by atoms with Gasteiger partial charge in [-0.25, -0.2) is 0 Å². The van der Waals surface area contributed by atoms with E-state index in [-0.39, 0.29) is 23.3 Å². The lowest BCUT2D eigenvalue weighted by Crippen LogP contribution is -2.56. The molecule has 3 unspecified atom stereocenters. The highest BCUT2D eigenvalue weighted by molar-refractivity contribution is 5.91. The molecule has 2 amide bonds. The zero-order valence-corrected chi connectivity index (χ0v) is 28.2. The minimum absolute atomic E-state index is 0.0455. The van der Waals surface area contributed by atoms with Crippen molar-refractivity contribution in [3.63, 3.8) is 0 Å². The first-order valence-electron chi connectivity index (χ1n) is 17.2. The Balaban J connectivity index is 1.30. The van der Waals surface area contributed by atoms with Gasteiger partial charge in [0, 0.05) is 49.8 Å². The van der Waals surface area contributed by atoms with Gasteiger partial charge in [-0.15, -0.1) is 0 Å². The molecule has 9 heteroatoms. The number of morpholine rings is 1. The Bertz CT molecular complexity index is 1310. The first kappa shape index (κ1) is 33.9. The van der Waals surface area contributed by atoms with Crippen LogP contribution in [0.1, 0.15) is 77.8 Å². The zero-order valence-electron chi connectivity index (χ0n) is 28.2. The van der Waals surface area contributed by atoms with Crippen LogP contribution in [-0.2, 0) is 14.3 Å². The lowest BCUT2D eigenvalue weighted by atomic mass is 9.81. The number of hydrogen-bond acceptors (Lipinski definition) is 7. The summed E-state index contributed by atoms with van der Waals surface area (Å²) < 4.78 is 5.58. The third-order valence-corrected chi connectivity index (χ3v) is 9.99. The first-order chi connectivity index (χ1) is 22.1. The molecule has 1 aromatic heterocycles. The monoisotopic (exact) mass is 630 g/mol. The molecule has 3 atom stereocenters. The summed E-state index contributed by atoms with van der Waals surface area (Å²) in [5, 5.41) is 6.77. The molecule has 3 heterocycles. The van der Waals surface area contributed by atoms with Crippen molar-refractivity contribution >= 4 is 11.8 Å². The molecule has 3 aliphatic rings. The number of aromatic nitrogens is 1. The predicted octanol–water partition coefficient (Wildman–Crippen LogP) is 4.86. The Hall–Kier alpha value is -3.43. The molecule has 4 N–H and O–H groups in total. The summed E-state index contributed by atoms with van der Waals surface area (Å²) in [5.41, 5.74) is 9.96. The van der Waals surface area contributed by atoms with Gasteiger partial charge in [0.1, 0.15) is 12.1 Å². The van der Waals surface area contributed by atoms with Gasteiger partial charge in [0.15, 0.2) is 0 Å². The highest BCUT2D eigenvalue weighted by atomic mass is 16.5. The first-order valence-corrected chi connectivity index (χ1v) is 17.2. The summed E-state index contributed by atoms with van der Waals surface area (Å²) in [5.74, 6) is 0.956. The summed E-state index contributed by atoms with van der Waals surface area (Å²) in [6.07, 6.45) is 9.66. The van der Waals surface area contributed by atoms with Gasteiger partial charge in [-0.3, -0.25) is 19.5 Å². The highest BCUT2D eigenvalue weighted by Crippen LogP contribution is 2.32. The fourth-order valence-corrected chi connectivity index (χ4v) is 7.02. The lowest BCUT2D eigenvalue weighted by Gasteiger charge is -2.36. The smallest absolute Gasteiger partial charge is 0.246 e. The lowest BCUT2D eigenvalue weighted by molar-refractivity contribution is -0.142. The minimum Gasteiger partial charge on any atom is -0.401 e. The number of nitrogens with two attached hydrogens (primary N) is 1. The number of carbonyl (C=O) groups excluding carboxylic acids is 2. The molecule has 0 radical (unpaired) electrons. The normalized spacial score (nSPS) is 24.3. The maximum atomic E-state index is 14.2. The van der Waals surface area contributed by atoms with Gasteiger partial charge in [-0.1, -0.05) is 70.9 Å².